The average Bonchev–Trinajstić information content (AvgIpc) is 2.35. The lowest BCUT2D eigenvalue weighted by molar-refractivity contribution is 0.276. The lowest BCUT2D eigenvalue weighted by Crippen LogP contribution is -2.29. The highest BCUT2D eigenvalue weighted by atomic mass is 16.3. The van der Waals surface area contributed by atoms with E-state index >= 15 is 0 Å². The van der Waals surface area contributed by atoms with E-state index in [1.807, 2.05) is 13.2 Å². The van der Waals surface area contributed by atoms with Crippen molar-refractivity contribution in [1.29, 1.82) is 0 Å². The van der Waals surface area contributed by atoms with Crippen molar-refractivity contribution in [3.63, 3.8) is 0 Å². The molecular formula is C13H23N3O. The standard InChI is InChI=1S/C13H23N3O/c1-6-10(4)16(5)12-7-14-13(9(2)3)15-11(12)8-17/h7,9-10,17H,6,8H2,1-5H3. The SMILES string of the molecule is CCC(C)N(C)c1cnc(C(C)C)nc1CO. The molecule has 1 aromatic heterocycles. The Morgan fingerprint density at radius 2 is 2.00 bits per heavy atom. The summed E-state index contributed by atoms with van der Waals surface area (Å²) in [5.74, 6) is 1.07. The lowest BCUT2D eigenvalue weighted by atomic mass is 10.2. The Labute approximate surface area is 104 Å². The van der Waals surface area contributed by atoms with Gasteiger partial charge in [-0.2, -0.15) is 0 Å². The maximum absolute atomic E-state index is 9.41. The molecular weight excluding hydrogens is 214 g/mol. The second-order valence-corrected chi connectivity index (χ2v) is 4.74. The largest absolute Gasteiger partial charge is 0.390 e. The fourth-order valence-electron chi connectivity index (χ4n) is 1.63. The fourth-order valence-corrected chi connectivity index (χ4v) is 1.63. The normalized spacial score (nSPS) is 12.9. The third-order valence-corrected chi connectivity index (χ3v) is 3.16. The minimum Gasteiger partial charge on any atom is -0.390 e. The van der Waals surface area contributed by atoms with Crippen LogP contribution >= 0.6 is 0 Å². The van der Waals surface area contributed by atoms with E-state index in [-0.39, 0.29) is 12.5 Å². The summed E-state index contributed by atoms with van der Waals surface area (Å²) in [5.41, 5.74) is 1.64. The summed E-state index contributed by atoms with van der Waals surface area (Å²) in [6, 6.07) is 0.411. The van der Waals surface area contributed by atoms with Gasteiger partial charge in [0.1, 0.15) is 5.82 Å². The van der Waals surface area contributed by atoms with Crippen LogP contribution in [0, 0.1) is 0 Å². The zero-order valence-corrected chi connectivity index (χ0v) is 11.4. The molecule has 0 spiro atoms. The van der Waals surface area contributed by atoms with E-state index in [1.54, 1.807) is 0 Å². The average molecular weight is 237 g/mol. The van der Waals surface area contributed by atoms with Gasteiger partial charge < -0.3 is 10.0 Å². The van der Waals surface area contributed by atoms with Crippen LogP contribution in [0.3, 0.4) is 0 Å². The summed E-state index contributed by atoms with van der Waals surface area (Å²) in [7, 11) is 2.01. The summed E-state index contributed by atoms with van der Waals surface area (Å²) >= 11 is 0. The van der Waals surface area contributed by atoms with E-state index < -0.39 is 0 Å². The molecule has 0 aromatic carbocycles. The number of hydrogen-bond acceptors (Lipinski definition) is 4. The Hall–Kier alpha value is -1.16. The van der Waals surface area contributed by atoms with Gasteiger partial charge in [0.15, 0.2) is 0 Å². The zero-order valence-electron chi connectivity index (χ0n) is 11.4. The molecule has 0 aliphatic heterocycles. The van der Waals surface area contributed by atoms with Gasteiger partial charge in [-0.15, -0.1) is 0 Å². The number of aliphatic hydroxyl groups is 1. The van der Waals surface area contributed by atoms with Crippen LogP contribution in [0.15, 0.2) is 6.20 Å². The number of hydrogen-bond donors (Lipinski definition) is 1. The van der Waals surface area contributed by atoms with E-state index in [2.05, 4.69) is 42.6 Å². The topological polar surface area (TPSA) is 49.2 Å². The van der Waals surface area contributed by atoms with Crippen molar-refractivity contribution in [1.82, 2.24) is 9.97 Å². The molecule has 1 N–H and O–H groups in total. The molecule has 0 aliphatic rings. The van der Waals surface area contributed by atoms with E-state index in [0.29, 0.717) is 11.7 Å². The van der Waals surface area contributed by atoms with Gasteiger partial charge in [0, 0.05) is 19.0 Å². The molecule has 1 aromatic rings. The van der Waals surface area contributed by atoms with Crippen LogP contribution in [-0.4, -0.2) is 28.2 Å². The predicted molar refractivity (Wildman–Crippen MR) is 70.2 cm³/mol. The fraction of sp³-hybridized carbons (Fsp3) is 0.692. The Bertz CT molecular complexity index is 366. The zero-order chi connectivity index (χ0) is 13.0. The minimum atomic E-state index is -0.0433. The molecule has 4 nitrogen and oxygen atoms in total. The Balaban J connectivity index is 3.08. The monoisotopic (exact) mass is 237 g/mol. The molecule has 1 heterocycles. The van der Waals surface area contributed by atoms with Gasteiger partial charge in [-0.05, 0) is 13.3 Å². The molecule has 0 fully saturated rings. The van der Waals surface area contributed by atoms with Gasteiger partial charge in [-0.25, -0.2) is 9.97 Å². The molecule has 4 heteroatoms. The first kappa shape index (κ1) is 13.9. The summed E-state index contributed by atoms with van der Waals surface area (Å²) in [5, 5.41) is 9.41. The first-order valence-electron chi connectivity index (χ1n) is 6.20. The molecule has 0 saturated carbocycles. The molecule has 0 bridgehead atoms. The van der Waals surface area contributed by atoms with E-state index in [1.165, 1.54) is 0 Å². The molecule has 0 aliphatic carbocycles. The summed E-state index contributed by atoms with van der Waals surface area (Å²) in [6.45, 7) is 8.35. The Morgan fingerprint density at radius 3 is 2.47 bits per heavy atom. The second-order valence-electron chi connectivity index (χ2n) is 4.74. The molecule has 1 unspecified atom stereocenters. The third kappa shape index (κ3) is 3.16. The quantitative estimate of drug-likeness (QED) is 0.854. The van der Waals surface area contributed by atoms with Crippen molar-refractivity contribution in [2.45, 2.75) is 52.7 Å². The Morgan fingerprint density at radius 1 is 1.35 bits per heavy atom. The molecule has 0 amide bonds. The van der Waals surface area contributed by atoms with Gasteiger partial charge in [0.05, 0.1) is 24.2 Å². The first-order chi connectivity index (χ1) is 8.01. The van der Waals surface area contributed by atoms with Crippen molar-refractivity contribution in [3.05, 3.63) is 17.7 Å². The molecule has 1 rings (SSSR count). The second kappa shape index (κ2) is 5.96. The van der Waals surface area contributed by atoms with Crippen molar-refractivity contribution in [3.8, 4) is 0 Å². The lowest BCUT2D eigenvalue weighted by Gasteiger charge is -2.27. The van der Waals surface area contributed by atoms with Crippen molar-refractivity contribution in [2.75, 3.05) is 11.9 Å². The van der Waals surface area contributed by atoms with Crippen LogP contribution < -0.4 is 4.90 Å². The number of anilines is 1. The van der Waals surface area contributed by atoms with E-state index in [9.17, 15) is 5.11 Å². The van der Waals surface area contributed by atoms with Crippen LogP contribution in [0.25, 0.3) is 0 Å². The minimum absolute atomic E-state index is 0.0433. The van der Waals surface area contributed by atoms with Crippen molar-refractivity contribution < 1.29 is 5.11 Å². The predicted octanol–water partition coefficient (Wildman–Crippen LogP) is 2.33. The van der Waals surface area contributed by atoms with Crippen molar-refractivity contribution in [2.24, 2.45) is 0 Å². The van der Waals surface area contributed by atoms with E-state index in [0.717, 1.165) is 17.9 Å². The van der Waals surface area contributed by atoms with Gasteiger partial charge >= 0.3 is 0 Å². The highest BCUT2D eigenvalue weighted by Gasteiger charge is 2.15. The number of rotatable bonds is 5. The summed E-state index contributed by atoms with van der Waals surface area (Å²) in [6.07, 6.45) is 2.87. The number of aliphatic hydroxyl groups excluding tert-OH is 1. The summed E-state index contributed by atoms with van der Waals surface area (Å²) in [4.78, 5) is 10.9. The molecule has 17 heavy (non-hydrogen) atoms. The maximum atomic E-state index is 9.41. The summed E-state index contributed by atoms with van der Waals surface area (Å²) < 4.78 is 0. The van der Waals surface area contributed by atoms with Crippen molar-refractivity contribution >= 4 is 5.69 Å². The molecule has 1 atom stereocenters. The highest BCUT2D eigenvalue weighted by molar-refractivity contribution is 5.49. The molecule has 0 radical (unpaired) electrons. The van der Waals surface area contributed by atoms with Gasteiger partial charge in [0.2, 0.25) is 0 Å². The maximum Gasteiger partial charge on any atom is 0.131 e. The van der Waals surface area contributed by atoms with Gasteiger partial charge in [-0.1, -0.05) is 20.8 Å². The third-order valence-electron chi connectivity index (χ3n) is 3.16. The highest BCUT2D eigenvalue weighted by Crippen LogP contribution is 2.21. The molecule has 96 valence electrons. The van der Waals surface area contributed by atoms with Crippen LogP contribution in [0.1, 0.15) is 51.6 Å². The van der Waals surface area contributed by atoms with Gasteiger partial charge in [0.25, 0.3) is 0 Å². The number of nitrogens with zero attached hydrogens (tertiary/aromatic N) is 3. The van der Waals surface area contributed by atoms with Crippen LogP contribution in [-0.2, 0) is 6.61 Å². The van der Waals surface area contributed by atoms with E-state index in [4.69, 9.17) is 0 Å². The number of aromatic nitrogens is 2. The van der Waals surface area contributed by atoms with Crippen LogP contribution in [0.2, 0.25) is 0 Å². The van der Waals surface area contributed by atoms with Crippen LogP contribution in [0.4, 0.5) is 5.69 Å². The van der Waals surface area contributed by atoms with Gasteiger partial charge in [-0.3, -0.25) is 0 Å². The molecule has 0 saturated heterocycles. The first-order valence-corrected chi connectivity index (χ1v) is 6.20. The van der Waals surface area contributed by atoms with Crippen LogP contribution in [0.5, 0.6) is 0 Å². The Kier molecular flexibility index (Phi) is 4.87. The smallest absolute Gasteiger partial charge is 0.131 e.